The van der Waals surface area contributed by atoms with Crippen molar-refractivity contribution in [2.45, 2.75) is 13.0 Å². The molecule has 138 valence electrons. The molecule has 3 rings (SSSR count). The molecule has 1 unspecified atom stereocenters. The van der Waals surface area contributed by atoms with Gasteiger partial charge in [-0.05, 0) is 30.2 Å². The van der Waals surface area contributed by atoms with E-state index in [0.29, 0.717) is 16.8 Å². The lowest BCUT2D eigenvalue weighted by Crippen LogP contribution is -2.37. The second-order valence-corrected chi connectivity index (χ2v) is 5.77. The van der Waals surface area contributed by atoms with Crippen LogP contribution in [0.2, 0.25) is 0 Å². The minimum absolute atomic E-state index is 0.0467. The van der Waals surface area contributed by atoms with Gasteiger partial charge in [0.15, 0.2) is 5.96 Å². The average molecular weight is 366 g/mol. The van der Waals surface area contributed by atoms with Gasteiger partial charge in [-0.1, -0.05) is 30.3 Å². The summed E-state index contributed by atoms with van der Waals surface area (Å²) in [7, 11) is 0. The highest BCUT2D eigenvalue weighted by Crippen LogP contribution is 2.35. The molecule has 0 bridgehead atoms. The number of benzene rings is 2. The molecular formula is C19H18N4O4. The van der Waals surface area contributed by atoms with Crippen molar-refractivity contribution in [2.24, 2.45) is 10.7 Å². The van der Waals surface area contributed by atoms with Gasteiger partial charge in [0.1, 0.15) is 6.04 Å². The maximum atomic E-state index is 12.7. The van der Waals surface area contributed by atoms with Crippen molar-refractivity contribution in [2.75, 3.05) is 6.61 Å². The van der Waals surface area contributed by atoms with Gasteiger partial charge in [-0.25, -0.2) is 9.79 Å². The van der Waals surface area contributed by atoms with E-state index in [1.54, 1.807) is 19.1 Å². The van der Waals surface area contributed by atoms with E-state index in [-0.39, 0.29) is 18.3 Å². The van der Waals surface area contributed by atoms with Crippen molar-refractivity contribution in [3.05, 3.63) is 81.4 Å². The first kappa shape index (κ1) is 18.1. The molecule has 2 aromatic rings. The molecule has 0 aliphatic carbocycles. The minimum atomic E-state index is -0.735. The number of nitro benzene ring substituents is 1. The lowest BCUT2D eigenvalue weighted by Gasteiger charge is -2.26. The van der Waals surface area contributed by atoms with E-state index in [1.165, 1.54) is 12.1 Å². The zero-order valence-corrected chi connectivity index (χ0v) is 14.6. The van der Waals surface area contributed by atoms with Crippen LogP contribution in [0.15, 0.2) is 65.2 Å². The number of nitrogens with one attached hydrogen (secondary N) is 1. The quantitative estimate of drug-likeness (QED) is 0.477. The molecule has 0 saturated heterocycles. The number of nitro groups is 1. The van der Waals surface area contributed by atoms with Crippen LogP contribution in [0.1, 0.15) is 24.1 Å². The van der Waals surface area contributed by atoms with Crippen LogP contribution in [0, 0.1) is 10.1 Å². The zero-order chi connectivity index (χ0) is 19.4. The van der Waals surface area contributed by atoms with E-state index >= 15 is 0 Å². The van der Waals surface area contributed by atoms with Crippen LogP contribution in [-0.2, 0) is 9.53 Å². The van der Waals surface area contributed by atoms with Crippen LogP contribution < -0.4 is 11.1 Å². The molecule has 0 spiro atoms. The van der Waals surface area contributed by atoms with Crippen LogP contribution in [0.25, 0.3) is 5.70 Å². The van der Waals surface area contributed by atoms with Crippen molar-refractivity contribution in [1.29, 1.82) is 0 Å². The van der Waals surface area contributed by atoms with Gasteiger partial charge in [0.2, 0.25) is 0 Å². The van der Waals surface area contributed by atoms with Crippen LogP contribution in [-0.4, -0.2) is 23.5 Å². The van der Waals surface area contributed by atoms with Crippen molar-refractivity contribution in [3.8, 4) is 0 Å². The van der Waals surface area contributed by atoms with Crippen LogP contribution in [0.4, 0.5) is 5.69 Å². The number of carbonyl (C=O) groups excluding carboxylic acids is 1. The molecule has 1 aliphatic rings. The fourth-order valence-corrected chi connectivity index (χ4v) is 2.84. The van der Waals surface area contributed by atoms with Crippen LogP contribution in [0.3, 0.4) is 0 Å². The number of hydrogen-bond donors (Lipinski definition) is 2. The minimum Gasteiger partial charge on any atom is -0.463 e. The monoisotopic (exact) mass is 366 g/mol. The summed E-state index contributed by atoms with van der Waals surface area (Å²) in [5.41, 5.74) is 8.06. The standard InChI is InChI=1S/C19H18N4O4/c1-2-27-18(24)15-16(12-6-4-3-5-7-12)21-19(20)22-17(15)13-8-10-14(11-9-13)23(25)26/h3-11,17H,2H2,1H3,(H3,20,21,22). The summed E-state index contributed by atoms with van der Waals surface area (Å²) in [5.74, 6) is -0.381. The van der Waals surface area contributed by atoms with E-state index in [9.17, 15) is 14.9 Å². The normalized spacial score (nSPS) is 16.3. The fourth-order valence-electron chi connectivity index (χ4n) is 2.84. The van der Waals surface area contributed by atoms with Crippen LogP contribution >= 0.6 is 0 Å². The van der Waals surface area contributed by atoms with Gasteiger partial charge in [0.05, 0.1) is 22.8 Å². The Bertz CT molecular complexity index is 920. The molecule has 1 atom stereocenters. The van der Waals surface area contributed by atoms with Crippen molar-refractivity contribution >= 4 is 23.3 Å². The number of hydrogen-bond acceptors (Lipinski definition) is 7. The highest BCUT2D eigenvalue weighted by atomic mass is 16.6. The first-order valence-corrected chi connectivity index (χ1v) is 8.32. The number of ether oxygens (including phenoxy) is 1. The third-order valence-electron chi connectivity index (χ3n) is 4.04. The Morgan fingerprint density at radius 2 is 1.89 bits per heavy atom. The Kier molecular flexibility index (Phi) is 5.16. The van der Waals surface area contributed by atoms with E-state index < -0.39 is 16.9 Å². The predicted octanol–water partition coefficient (Wildman–Crippen LogP) is 2.53. The molecule has 0 saturated carbocycles. The Hall–Kier alpha value is -3.68. The molecular weight excluding hydrogens is 348 g/mol. The summed E-state index contributed by atoms with van der Waals surface area (Å²) in [4.78, 5) is 27.5. The summed E-state index contributed by atoms with van der Waals surface area (Å²) in [6.07, 6.45) is 0. The lowest BCUT2D eigenvalue weighted by atomic mass is 9.93. The largest absolute Gasteiger partial charge is 0.463 e. The highest BCUT2D eigenvalue weighted by Gasteiger charge is 2.32. The molecule has 2 aromatic carbocycles. The second kappa shape index (κ2) is 7.69. The number of nitrogens with two attached hydrogens (primary N) is 1. The molecule has 8 heteroatoms. The molecule has 3 N–H and O–H groups in total. The second-order valence-electron chi connectivity index (χ2n) is 5.77. The number of carbonyl (C=O) groups is 1. The number of rotatable bonds is 5. The maximum absolute atomic E-state index is 12.7. The molecule has 0 fully saturated rings. The van der Waals surface area contributed by atoms with Gasteiger partial charge in [0, 0.05) is 12.1 Å². The van der Waals surface area contributed by atoms with Gasteiger partial charge in [-0.15, -0.1) is 0 Å². The maximum Gasteiger partial charge on any atom is 0.338 e. The number of guanidine groups is 1. The molecule has 0 amide bonds. The summed E-state index contributed by atoms with van der Waals surface area (Å²) in [5, 5.41) is 13.8. The zero-order valence-electron chi connectivity index (χ0n) is 14.6. The molecule has 1 heterocycles. The topological polar surface area (TPSA) is 120 Å². The molecule has 1 aliphatic heterocycles. The SMILES string of the molecule is CCOC(=O)C1=C(c2ccccc2)NC(N)=NC1c1ccc([N+](=O)[O-])cc1. The van der Waals surface area contributed by atoms with Gasteiger partial charge in [-0.2, -0.15) is 0 Å². The summed E-state index contributed by atoms with van der Waals surface area (Å²) in [6, 6.07) is 14.4. The smallest absolute Gasteiger partial charge is 0.338 e. The Labute approximate surface area is 155 Å². The Balaban J connectivity index is 2.13. The molecule has 0 aromatic heterocycles. The lowest BCUT2D eigenvalue weighted by molar-refractivity contribution is -0.384. The van der Waals surface area contributed by atoms with E-state index in [2.05, 4.69) is 10.3 Å². The van der Waals surface area contributed by atoms with Gasteiger partial charge in [-0.3, -0.25) is 10.1 Å². The van der Waals surface area contributed by atoms with E-state index in [0.717, 1.165) is 5.56 Å². The third kappa shape index (κ3) is 3.79. The molecule has 8 nitrogen and oxygen atoms in total. The van der Waals surface area contributed by atoms with Crippen molar-refractivity contribution in [1.82, 2.24) is 5.32 Å². The molecule has 27 heavy (non-hydrogen) atoms. The van der Waals surface area contributed by atoms with Gasteiger partial charge < -0.3 is 15.8 Å². The number of esters is 1. The fraction of sp³-hybridized carbons (Fsp3) is 0.158. The Morgan fingerprint density at radius 1 is 1.22 bits per heavy atom. The summed E-state index contributed by atoms with van der Waals surface area (Å²) < 4.78 is 5.23. The highest BCUT2D eigenvalue weighted by molar-refractivity contribution is 6.04. The average Bonchev–Trinajstić information content (AvgIpc) is 2.68. The summed E-state index contributed by atoms with van der Waals surface area (Å²) >= 11 is 0. The van der Waals surface area contributed by atoms with E-state index in [1.807, 2.05) is 30.3 Å². The van der Waals surface area contributed by atoms with Crippen LogP contribution in [0.5, 0.6) is 0 Å². The number of nitrogens with zero attached hydrogens (tertiary/aromatic N) is 2. The Morgan fingerprint density at radius 3 is 2.48 bits per heavy atom. The van der Waals surface area contributed by atoms with Gasteiger partial charge in [0.25, 0.3) is 5.69 Å². The van der Waals surface area contributed by atoms with E-state index in [4.69, 9.17) is 10.5 Å². The van der Waals surface area contributed by atoms with Crippen molar-refractivity contribution < 1.29 is 14.5 Å². The first-order chi connectivity index (χ1) is 13.0. The predicted molar refractivity (Wildman–Crippen MR) is 101 cm³/mol. The first-order valence-electron chi connectivity index (χ1n) is 8.32. The summed E-state index contributed by atoms with van der Waals surface area (Å²) in [6.45, 7) is 1.92. The number of non-ortho nitro benzene ring substituents is 1. The molecule has 0 radical (unpaired) electrons. The number of aliphatic imine (C=N–C) groups is 1. The third-order valence-corrected chi connectivity index (χ3v) is 4.04. The van der Waals surface area contributed by atoms with Gasteiger partial charge >= 0.3 is 5.97 Å². The van der Waals surface area contributed by atoms with Crippen molar-refractivity contribution in [3.63, 3.8) is 0 Å².